The number of anilines is 2. The molecule has 0 unspecified atom stereocenters. The number of unbranched alkanes of at least 4 members (excludes halogenated alkanes) is 1. The van der Waals surface area contributed by atoms with Crippen LogP contribution in [0.4, 0.5) is 17.5 Å². The molecule has 1 rings (SSSR count). The van der Waals surface area contributed by atoms with Gasteiger partial charge in [0, 0.05) is 12.6 Å². The van der Waals surface area contributed by atoms with Crippen molar-refractivity contribution in [1.82, 2.24) is 14.9 Å². The number of nitrogen functional groups attached to an aromatic ring is 1. The summed E-state index contributed by atoms with van der Waals surface area (Å²) in [6, 6.07) is 0.519. The Kier molecular flexibility index (Phi) is 6.10. The highest BCUT2D eigenvalue weighted by Gasteiger charge is 2.15. The maximum Gasteiger partial charge on any atom is 0.329 e. The first kappa shape index (κ1) is 16.1. The summed E-state index contributed by atoms with van der Waals surface area (Å²) in [5, 5.41) is 13.8. The second-order valence-corrected chi connectivity index (χ2v) is 4.93. The topological polar surface area (TPSA) is 110 Å². The van der Waals surface area contributed by atoms with Gasteiger partial charge in [0.05, 0.1) is 4.92 Å². The van der Waals surface area contributed by atoms with Crippen LogP contribution in [0.3, 0.4) is 0 Å². The number of hydrogen-bond acceptors (Lipinski definition) is 7. The molecule has 112 valence electrons. The number of nitrogens with zero attached hydrogens (tertiary/aromatic N) is 4. The summed E-state index contributed by atoms with van der Waals surface area (Å²) in [7, 11) is 2.08. The molecule has 0 saturated carbocycles. The Hall–Kier alpha value is -1.96. The van der Waals surface area contributed by atoms with E-state index in [0.717, 1.165) is 25.6 Å². The Labute approximate surface area is 118 Å². The fraction of sp³-hybridized carbons (Fsp3) is 0.667. The van der Waals surface area contributed by atoms with Crippen molar-refractivity contribution >= 4 is 17.5 Å². The average Bonchev–Trinajstić information content (AvgIpc) is 2.37. The second-order valence-electron chi connectivity index (χ2n) is 4.93. The Morgan fingerprint density at radius 2 is 2.20 bits per heavy atom. The maximum atomic E-state index is 10.8. The van der Waals surface area contributed by atoms with Crippen molar-refractivity contribution in [2.45, 2.75) is 32.7 Å². The molecule has 0 aliphatic rings. The number of rotatable bonds is 8. The van der Waals surface area contributed by atoms with Gasteiger partial charge in [0.2, 0.25) is 11.8 Å². The molecule has 1 aromatic rings. The van der Waals surface area contributed by atoms with E-state index in [9.17, 15) is 10.1 Å². The summed E-state index contributed by atoms with van der Waals surface area (Å²) in [5.41, 5.74) is 5.29. The fourth-order valence-electron chi connectivity index (χ4n) is 1.60. The predicted octanol–water partition coefficient (Wildman–Crippen LogP) is 1.50. The van der Waals surface area contributed by atoms with Crippen molar-refractivity contribution in [3.8, 4) is 0 Å². The number of nitrogens with one attached hydrogen (secondary N) is 1. The van der Waals surface area contributed by atoms with Gasteiger partial charge in [-0.15, -0.1) is 0 Å². The van der Waals surface area contributed by atoms with Gasteiger partial charge in [-0.05, 0) is 40.3 Å². The molecule has 0 radical (unpaired) electrons. The SMILES string of the molecule is CC(C)N(C)CCCCNc1nc(N)ncc1[N+](=O)[O-]. The first-order chi connectivity index (χ1) is 9.41. The van der Waals surface area contributed by atoms with Crippen molar-refractivity contribution in [2.75, 3.05) is 31.2 Å². The van der Waals surface area contributed by atoms with Gasteiger partial charge >= 0.3 is 5.69 Å². The molecule has 1 aromatic heterocycles. The molecule has 0 saturated heterocycles. The lowest BCUT2D eigenvalue weighted by Gasteiger charge is -2.20. The van der Waals surface area contributed by atoms with Gasteiger partial charge in [0.25, 0.3) is 0 Å². The van der Waals surface area contributed by atoms with E-state index < -0.39 is 4.92 Å². The molecule has 0 bridgehead atoms. The smallest absolute Gasteiger partial charge is 0.329 e. The van der Waals surface area contributed by atoms with Crippen LogP contribution in [0.2, 0.25) is 0 Å². The largest absolute Gasteiger partial charge is 0.368 e. The molecular weight excluding hydrogens is 260 g/mol. The van der Waals surface area contributed by atoms with Gasteiger partial charge < -0.3 is 16.0 Å². The molecule has 20 heavy (non-hydrogen) atoms. The quantitative estimate of drug-likeness (QED) is 0.422. The fourth-order valence-corrected chi connectivity index (χ4v) is 1.60. The van der Waals surface area contributed by atoms with Crippen molar-refractivity contribution in [3.63, 3.8) is 0 Å². The molecule has 8 nitrogen and oxygen atoms in total. The summed E-state index contributed by atoms with van der Waals surface area (Å²) in [5.74, 6) is 0.206. The van der Waals surface area contributed by atoms with Crippen molar-refractivity contribution in [2.24, 2.45) is 0 Å². The zero-order chi connectivity index (χ0) is 15.1. The van der Waals surface area contributed by atoms with Crippen LogP contribution < -0.4 is 11.1 Å². The van der Waals surface area contributed by atoms with Crippen LogP contribution in [0.25, 0.3) is 0 Å². The van der Waals surface area contributed by atoms with E-state index in [-0.39, 0.29) is 17.5 Å². The van der Waals surface area contributed by atoms with Gasteiger partial charge in [-0.25, -0.2) is 4.98 Å². The molecule has 0 aliphatic carbocycles. The Bertz CT molecular complexity index is 452. The highest BCUT2D eigenvalue weighted by Crippen LogP contribution is 2.20. The lowest BCUT2D eigenvalue weighted by molar-refractivity contribution is -0.384. The lowest BCUT2D eigenvalue weighted by atomic mass is 10.2. The molecule has 0 atom stereocenters. The van der Waals surface area contributed by atoms with Gasteiger partial charge in [-0.2, -0.15) is 4.98 Å². The van der Waals surface area contributed by atoms with Crippen LogP contribution in [0, 0.1) is 10.1 Å². The van der Waals surface area contributed by atoms with E-state index in [4.69, 9.17) is 5.73 Å². The van der Waals surface area contributed by atoms with Crippen LogP contribution in [0.1, 0.15) is 26.7 Å². The Balaban J connectivity index is 2.42. The molecular formula is C12H22N6O2. The first-order valence-corrected chi connectivity index (χ1v) is 6.63. The van der Waals surface area contributed by atoms with E-state index in [1.54, 1.807) is 0 Å². The summed E-state index contributed by atoms with van der Waals surface area (Å²) >= 11 is 0. The lowest BCUT2D eigenvalue weighted by Crippen LogP contribution is -2.27. The van der Waals surface area contributed by atoms with Crippen LogP contribution in [-0.2, 0) is 0 Å². The molecule has 0 spiro atoms. The number of nitro groups is 1. The zero-order valence-electron chi connectivity index (χ0n) is 12.2. The minimum Gasteiger partial charge on any atom is -0.368 e. The molecule has 0 fully saturated rings. The minimum absolute atomic E-state index is 0.0256. The van der Waals surface area contributed by atoms with Crippen molar-refractivity contribution in [1.29, 1.82) is 0 Å². The van der Waals surface area contributed by atoms with Crippen LogP contribution in [-0.4, -0.2) is 46.0 Å². The first-order valence-electron chi connectivity index (χ1n) is 6.63. The predicted molar refractivity (Wildman–Crippen MR) is 78.6 cm³/mol. The second kappa shape index (κ2) is 7.59. The molecule has 3 N–H and O–H groups in total. The van der Waals surface area contributed by atoms with E-state index >= 15 is 0 Å². The summed E-state index contributed by atoms with van der Waals surface area (Å²) in [4.78, 5) is 20.0. The number of nitrogens with two attached hydrogens (primary N) is 1. The summed E-state index contributed by atoms with van der Waals surface area (Å²) < 4.78 is 0. The highest BCUT2D eigenvalue weighted by atomic mass is 16.6. The third kappa shape index (κ3) is 4.96. The Morgan fingerprint density at radius 1 is 1.50 bits per heavy atom. The standard InChI is InChI=1S/C12H22N6O2/c1-9(2)17(3)7-5-4-6-14-11-10(18(19)20)8-15-12(13)16-11/h8-9H,4-7H2,1-3H3,(H3,13,14,15,16). The highest BCUT2D eigenvalue weighted by molar-refractivity contribution is 5.56. The Morgan fingerprint density at radius 3 is 2.80 bits per heavy atom. The molecule has 8 heteroatoms. The van der Waals surface area contributed by atoms with E-state index in [1.165, 1.54) is 0 Å². The maximum absolute atomic E-state index is 10.8. The van der Waals surface area contributed by atoms with Crippen LogP contribution in [0.5, 0.6) is 0 Å². The van der Waals surface area contributed by atoms with Crippen LogP contribution >= 0.6 is 0 Å². The number of aromatic nitrogens is 2. The van der Waals surface area contributed by atoms with E-state index in [1.807, 2.05) is 0 Å². The molecule has 1 heterocycles. The van der Waals surface area contributed by atoms with Crippen molar-refractivity contribution < 1.29 is 4.92 Å². The van der Waals surface area contributed by atoms with E-state index in [0.29, 0.717) is 12.6 Å². The van der Waals surface area contributed by atoms with Crippen LogP contribution in [0.15, 0.2) is 6.20 Å². The minimum atomic E-state index is -0.520. The van der Waals surface area contributed by atoms with Crippen molar-refractivity contribution in [3.05, 3.63) is 16.3 Å². The average molecular weight is 282 g/mol. The van der Waals surface area contributed by atoms with Gasteiger partial charge in [0.15, 0.2) is 0 Å². The van der Waals surface area contributed by atoms with E-state index in [2.05, 4.69) is 41.1 Å². The third-order valence-electron chi connectivity index (χ3n) is 3.10. The van der Waals surface area contributed by atoms with Gasteiger partial charge in [-0.3, -0.25) is 10.1 Å². The normalized spacial score (nSPS) is 11.1. The summed E-state index contributed by atoms with van der Waals surface area (Å²) in [6.45, 7) is 5.90. The van der Waals surface area contributed by atoms with Gasteiger partial charge in [0.1, 0.15) is 6.20 Å². The third-order valence-corrected chi connectivity index (χ3v) is 3.10. The molecule has 0 aromatic carbocycles. The van der Waals surface area contributed by atoms with Gasteiger partial charge in [-0.1, -0.05) is 0 Å². The monoisotopic (exact) mass is 282 g/mol. The zero-order valence-corrected chi connectivity index (χ0v) is 12.2. The summed E-state index contributed by atoms with van der Waals surface area (Å²) in [6.07, 6.45) is 3.03. The molecule has 0 amide bonds. The molecule has 0 aliphatic heterocycles. The number of hydrogen-bond donors (Lipinski definition) is 2.